The lowest BCUT2D eigenvalue weighted by Crippen LogP contribution is -2.29. The molecule has 0 fully saturated rings. The molecule has 2 N–H and O–H groups in total. The summed E-state index contributed by atoms with van der Waals surface area (Å²) < 4.78 is 7.20. The summed E-state index contributed by atoms with van der Waals surface area (Å²) in [5, 5.41) is 4.36. The fourth-order valence-electron chi connectivity index (χ4n) is 1.70. The number of rotatable bonds is 5. The molecule has 0 aliphatic carbocycles. The smallest absolute Gasteiger partial charge is 0.0628 e. The Kier molecular flexibility index (Phi) is 4.29. The molecule has 4 heteroatoms. The maximum absolute atomic E-state index is 5.98. The van der Waals surface area contributed by atoms with Crippen molar-refractivity contribution in [2.24, 2.45) is 12.8 Å². The van der Waals surface area contributed by atoms with E-state index >= 15 is 0 Å². The fraction of sp³-hybridized carbons (Fsp3) is 0.727. The molecule has 0 radical (unpaired) electrons. The second-order valence-electron chi connectivity index (χ2n) is 3.90. The van der Waals surface area contributed by atoms with Gasteiger partial charge in [0.25, 0.3) is 0 Å². The highest BCUT2D eigenvalue weighted by Gasteiger charge is 2.12. The van der Waals surface area contributed by atoms with Crippen molar-refractivity contribution in [1.29, 1.82) is 0 Å². The van der Waals surface area contributed by atoms with Crippen LogP contribution in [0.2, 0.25) is 0 Å². The highest BCUT2D eigenvalue weighted by molar-refractivity contribution is 5.25. The number of ether oxygens (including phenoxy) is 1. The van der Waals surface area contributed by atoms with Crippen molar-refractivity contribution in [2.45, 2.75) is 33.2 Å². The predicted octanol–water partition coefficient (Wildman–Crippen LogP) is 0.943. The molecule has 0 aliphatic heterocycles. The Labute approximate surface area is 91.4 Å². The van der Waals surface area contributed by atoms with Crippen molar-refractivity contribution in [3.8, 4) is 0 Å². The van der Waals surface area contributed by atoms with E-state index in [-0.39, 0.29) is 6.04 Å². The van der Waals surface area contributed by atoms with Crippen molar-refractivity contribution < 1.29 is 4.74 Å². The van der Waals surface area contributed by atoms with Gasteiger partial charge in [0.1, 0.15) is 0 Å². The minimum Gasteiger partial charge on any atom is -0.380 e. The molecule has 1 heterocycles. The van der Waals surface area contributed by atoms with E-state index in [1.54, 1.807) is 0 Å². The Morgan fingerprint density at radius 2 is 2.13 bits per heavy atom. The van der Waals surface area contributed by atoms with E-state index in [9.17, 15) is 0 Å². The van der Waals surface area contributed by atoms with Gasteiger partial charge < -0.3 is 10.5 Å². The molecule has 1 rings (SSSR count). The van der Waals surface area contributed by atoms with Gasteiger partial charge in [0.15, 0.2) is 0 Å². The van der Waals surface area contributed by atoms with E-state index in [0.29, 0.717) is 6.61 Å². The Morgan fingerprint density at radius 3 is 2.60 bits per heavy atom. The van der Waals surface area contributed by atoms with E-state index in [4.69, 9.17) is 10.5 Å². The molecular formula is C11H21N3O. The van der Waals surface area contributed by atoms with Crippen molar-refractivity contribution in [3.63, 3.8) is 0 Å². The molecule has 1 unspecified atom stereocenters. The number of hydrogen-bond donors (Lipinski definition) is 1. The third kappa shape index (κ3) is 3.04. The summed E-state index contributed by atoms with van der Waals surface area (Å²) in [5.41, 5.74) is 9.50. The number of hydrogen-bond acceptors (Lipinski definition) is 3. The van der Waals surface area contributed by atoms with Gasteiger partial charge in [-0.05, 0) is 32.8 Å². The van der Waals surface area contributed by atoms with E-state index in [2.05, 4.69) is 12.0 Å². The molecule has 0 saturated heterocycles. The minimum absolute atomic E-state index is 0.0616. The third-order valence-electron chi connectivity index (χ3n) is 2.66. The molecule has 1 aromatic rings. The summed E-state index contributed by atoms with van der Waals surface area (Å²) in [4.78, 5) is 0. The molecule has 0 aliphatic rings. The zero-order valence-corrected chi connectivity index (χ0v) is 10.1. The Hall–Kier alpha value is -0.870. The lowest BCUT2D eigenvalue weighted by molar-refractivity contribution is 0.133. The zero-order chi connectivity index (χ0) is 11.4. The van der Waals surface area contributed by atoms with E-state index in [0.717, 1.165) is 18.7 Å². The monoisotopic (exact) mass is 211 g/mol. The molecule has 1 aromatic heterocycles. The van der Waals surface area contributed by atoms with Crippen molar-refractivity contribution in [3.05, 3.63) is 17.0 Å². The van der Waals surface area contributed by atoms with Crippen LogP contribution in [0.15, 0.2) is 0 Å². The summed E-state index contributed by atoms with van der Waals surface area (Å²) in [6.45, 7) is 7.41. The van der Waals surface area contributed by atoms with Crippen LogP contribution < -0.4 is 5.73 Å². The third-order valence-corrected chi connectivity index (χ3v) is 2.66. The average Bonchev–Trinajstić information content (AvgIpc) is 2.42. The minimum atomic E-state index is 0.0616. The average molecular weight is 211 g/mol. The lowest BCUT2D eigenvalue weighted by Gasteiger charge is -2.11. The second kappa shape index (κ2) is 5.28. The molecule has 86 valence electrons. The topological polar surface area (TPSA) is 53.1 Å². The van der Waals surface area contributed by atoms with Crippen LogP contribution in [0.3, 0.4) is 0 Å². The summed E-state index contributed by atoms with van der Waals surface area (Å²) in [6.07, 6.45) is 0.839. The molecule has 0 amide bonds. The first-order valence-electron chi connectivity index (χ1n) is 5.38. The van der Waals surface area contributed by atoms with Crippen LogP contribution in [-0.2, 0) is 18.2 Å². The van der Waals surface area contributed by atoms with Crippen molar-refractivity contribution in [1.82, 2.24) is 9.78 Å². The van der Waals surface area contributed by atoms with E-state index in [1.807, 2.05) is 25.6 Å². The number of aromatic nitrogens is 2. The van der Waals surface area contributed by atoms with Gasteiger partial charge in [0, 0.05) is 25.4 Å². The Balaban J connectivity index is 2.63. The van der Waals surface area contributed by atoms with Gasteiger partial charge in [-0.1, -0.05) is 0 Å². The normalized spacial score (nSPS) is 13.1. The molecule has 4 nitrogen and oxygen atoms in total. The molecular weight excluding hydrogens is 190 g/mol. The Bertz CT molecular complexity index is 320. The summed E-state index contributed by atoms with van der Waals surface area (Å²) in [7, 11) is 1.96. The molecule has 0 bridgehead atoms. The van der Waals surface area contributed by atoms with Crippen LogP contribution in [0.25, 0.3) is 0 Å². The number of aryl methyl sites for hydroxylation is 2. The molecule has 0 spiro atoms. The zero-order valence-electron chi connectivity index (χ0n) is 10.1. The quantitative estimate of drug-likeness (QED) is 0.788. The largest absolute Gasteiger partial charge is 0.380 e. The van der Waals surface area contributed by atoms with Gasteiger partial charge in [-0.3, -0.25) is 4.68 Å². The van der Waals surface area contributed by atoms with Crippen LogP contribution in [0.1, 0.15) is 23.9 Å². The lowest BCUT2D eigenvalue weighted by atomic mass is 10.1. The molecule has 1 atom stereocenters. The summed E-state index contributed by atoms with van der Waals surface area (Å²) in [6, 6.07) is 0.0616. The van der Waals surface area contributed by atoms with Crippen LogP contribution in [0.4, 0.5) is 0 Å². The predicted molar refractivity (Wildman–Crippen MR) is 60.9 cm³/mol. The maximum atomic E-state index is 5.98. The second-order valence-corrected chi connectivity index (χ2v) is 3.90. The first-order valence-corrected chi connectivity index (χ1v) is 5.38. The van der Waals surface area contributed by atoms with Crippen LogP contribution in [-0.4, -0.2) is 29.0 Å². The fourth-order valence-corrected chi connectivity index (χ4v) is 1.70. The van der Waals surface area contributed by atoms with E-state index < -0.39 is 0 Å². The summed E-state index contributed by atoms with van der Waals surface area (Å²) in [5.74, 6) is 0. The highest BCUT2D eigenvalue weighted by atomic mass is 16.5. The molecule has 0 saturated carbocycles. The molecule has 0 aromatic carbocycles. The number of nitrogens with zero attached hydrogens (tertiary/aromatic N) is 2. The molecule has 15 heavy (non-hydrogen) atoms. The highest BCUT2D eigenvalue weighted by Crippen LogP contribution is 2.13. The summed E-state index contributed by atoms with van der Waals surface area (Å²) >= 11 is 0. The van der Waals surface area contributed by atoms with Crippen molar-refractivity contribution >= 4 is 0 Å². The van der Waals surface area contributed by atoms with Crippen LogP contribution in [0.5, 0.6) is 0 Å². The first-order chi connectivity index (χ1) is 7.06. The van der Waals surface area contributed by atoms with Gasteiger partial charge in [-0.2, -0.15) is 5.10 Å². The number of nitrogens with two attached hydrogens (primary N) is 1. The Morgan fingerprint density at radius 1 is 1.47 bits per heavy atom. The van der Waals surface area contributed by atoms with Gasteiger partial charge in [-0.15, -0.1) is 0 Å². The van der Waals surface area contributed by atoms with Crippen LogP contribution >= 0.6 is 0 Å². The van der Waals surface area contributed by atoms with Gasteiger partial charge in [0.2, 0.25) is 0 Å². The van der Waals surface area contributed by atoms with Crippen LogP contribution in [0, 0.1) is 13.8 Å². The maximum Gasteiger partial charge on any atom is 0.0628 e. The standard InChI is InChI=1S/C11H21N3O/c1-5-15-7-10(12)6-11-8(2)13-14(4)9(11)3/h10H,5-7,12H2,1-4H3. The van der Waals surface area contributed by atoms with Crippen molar-refractivity contribution in [2.75, 3.05) is 13.2 Å². The SMILES string of the molecule is CCOCC(N)Cc1c(C)nn(C)c1C. The van der Waals surface area contributed by atoms with Gasteiger partial charge in [-0.25, -0.2) is 0 Å². The van der Waals surface area contributed by atoms with Gasteiger partial charge >= 0.3 is 0 Å². The van der Waals surface area contributed by atoms with E-state index in [1.165, 1.54) is 11.3 Å². The first kappa shape index (κ1) is 12.2. The van der Waals surface area contributed by atoms with Gasteiger partial charge in [0.05, 0.1) is 12.3 Å².